The molecule has 0 fully saturated rings. The van der Waals surface area contributed by atoms with Gasteiger partial charge in [-0.3, -0.25) is 9.52 Å². The third kappa shape index (κ3) is 5.14. The van der Waals surface area contributed by atoms with Crippen molar-refractivity contribution in [2.75, 3.05) is 22.9 Å². The Kier molecular flexibility index (Phi) is 5.69. The van der Waals surface area contributed by atoms with Gasteiger partial charge in [0, 0.05) is 11.4 Å². The van der Waals surface area contributed by atoms with Crippen LogP contribution in [0.15, 0.2) is 42.5 Å². The van der Waals surface area contributed by atoms with Gasteiger partial charge in [0.25, 0.3) is 5.91 Å². The summed E-state index contributed by atoms with van der Waals surface area (Å²) in [4.78, 5) is 12.3. The molecule has 0 heterocycles. The predicted molar refractivity (Wildman–Crippen MR) is 95.5 cm³/mol. The number of halogens is 1. The number of rotatable bonds is 6. The number of amides is 1. The van der Waals surface area contributed by atoms with E-state index in [4.69, 9.17) is 16.3 Å². The number of benzene rings is 2. The van der Waals surface area contributed by atoms with Gasteiger partial charge in [0.1, 0.15) is 5.75 Å². The van der Waals surface area contributed by atoms with E-state index in [2.05, 4.69) is 10.0 Å². The predicted octanol–water partition coefficient (Wildman–Crippen LogP) is 3.36. The lowest BCUT2D eigenvalue weighted by Gasteiger charge is -2.10. The molecule has 6 nitrogen and oxygen atoms in total. The molecular formula is C16H17ClN2O4S. The number of nitrogens with one attached hydrogen (secondary N) is 2. The van der Waals surface area contributed by atoms with Gasteiger partial charge >= 0.3 is 0 Å². The summed E-state index contributed by atoms with van der Waals surface area (Å²) in [6.07, 6.45) is 1.04. The SMILES string of the molecule is CCOc1ccc(NC(=O)c2ccc(NS(C)(=O)=O)cc2Cl)cc1. The molecule has 2 rings (SSSR count). The Morgan fingerprint density at radius 2 is 1.75 bits per heavy atom. The number of anilines is 2. The van der Waals surface area contributed by atoms with Crippen molar-refractivity contribution in [3.63, 3.8) is 0 Å². The molecule has 24 heavy (non-hydrogen) atoms. The molecule has 0 unspecified atom stereocenters. The zero-order chi connectivity index (χ0) is 17.7. The third-order valence-electron chi connectivity index (χ3n) is 2.94. The highest BCUT2D eigenvalue weighted by molar-refractivity contribution is 7.92. The Balaban J connectivity index is 2.12. The zero-order valence-electron chi connectivity index (χ0n) is 13.2. The highest BCUT2D eigenvalue weighted by atomic mass is 35.5. The van der Waals surface area contributed by atoms with Crippen LogP contribution in [0.3, 0.4) is 0 Å². The number of sulfonamides is 1. The molecular weight excluding hydrogens is 352 g/mol. The molecule has 0 saturated heterocycles. The third-order valence-corrected chi connectivity index (χ3v) is 3.86. The first-order valence-electron chi connectivity index (χ1n) is 7.10. The van der Waals surface area contributed by atoms with Crippen molar-refractivity contribution < 1.29 is 17.9 Å². The first kappa shape index (κ1) is 18.1. The van der Waals surface area contributed by atoms with Crippen LogP contribution >= 0.6 is 11.6 Å². The normalized spacial score (nSPS) is 11.0. The molecule has 0 aliphatic carbocycles. The molecule has 2 N–H and O–H groups in total. The minimum Gasteiger partial charge on any atom is -0.494 e. The van der Waals surface area contributed by atoms with Crippen molar-refractivity contribution >= 4 is 38.9 Å². The molecule has 128 valence electrons. The summed E-state index contributed by atoms with van der Waals surface area (Å²) in [5, 5.41) is 2.86. The Hall–Kier alpha value is -2.25. The second-order valence-corrected chi connectivity index (χ2v) is 7.14. The van der Waals surface area contributed by atoms with E-state index in [1.807, 2.05) is 6.92 Å². The van der Waals surface area contributed by atoms with Crippen LogP contribution < -0.4 is 14.8 Å². The summed E-state index contributed by atoms with van der Waals surface area (Å²) in [6.45, 7) is 2.45. The molecule has 0 radical (unpaired) electrons. The minimum absolute atomic E-state index is 0.145. The van der Waals surface area contributed by atoms with Crippen molar-refractivity contribution in [2.45, 2.75) is 6.92 Å². The van der Waals surface area contributed by atoms with Crippen molar-refractivity contribution in [1.29, 1.82) is 0 Å². The molecule has 0 spiro atoms. The largest absolute Gasteiger partial charge is 0.494 e. The van der Waals surface area contributed by atoms with E-state index in [-0.39, 0.29) is 10.6 Å². The molecule has 0 aliphatic rings. The van der Waals surface area contributed by atoms with E-state index < -0.39 is 15.9 Å². The first-order chi connectivity index (χ1) is 11.3. The summed E-state index contributed by atoms with van der Waals surface area (Å²) in [7, 11) is -3.41. The van der Waals surface area contributed by atoms with Crippen LogP contribution in [0, 0.1) is 0 Å². The van der Waals surface area contributed by atoms with E-state index in [0.29, 0.717) is 23.7 Å². The van der Waals surface area contributed by atoms with Gasteiger partial charge in [-0.15, -0.1) is 0 Å². The second-order valence-electron chi connectivity index (χ2n) is 4.98. The van der Waals surface area contributed by atoms with Crippen LogP contribution in [0.1, 0.15) is 17.3 Å². The van der Waals surface area contributed by atoms with Gasteiger partial charge < -0.3 is 10.1 Å². The van der Waals surface area contributed by atoms with Crippen molar-refractivity contribution in [1.82, 2.24) is 0 Å². The smallest absolute Gasteiger partial charge is 0.257 e. The molecule has 2 aromatic rings. The summed E-state index contributed by atoms with van der Waals surface area (Å²) in [5.41, 5.74) is 1.13. The average Bonchev–Trinajstić information content (AvgIpc) is 2.48. The monoisotopic (exact) mass is 368 g/mol. The van der Waals surface area contributed by atoms with Crippen molar-refractivity contribution in [3.05, 3.63) is 53.1 Å². The maximum atomic E-state index is 12.3. The van der Waals surface area contributed by atoms with Gasteiger partial charge in [-0.1, -0.05) is 11.6 Å². The fourth-order valence-electron chi connectivity index (χ4n) is 1.98. The molecule has 0 aliphatic heterocycles. The fraction of sp³-hybridized carbons (Fsp3) is 0.188. The highest BCUT2D eigenvalue weighted by Gasteiger charge is 2.12. The minimum atomic E-state index is -3.41. The van der Waals surface area contributed by atoms with Crippen LogP contribution in [0.4, 0.5) is 11.4 Å². The standard InChI is InChI=1S/C16H17ClN2O4S/c1-3-23-13-7-4-11(5-8-13)18-16(20)14-9-6-12(10-15(14)17)19-24(2,21)22/h4-10,19H,3H2,1-2H3,(H,18,20). The van der Waals surface area contributed by atoms with E-state index >= 15 is 0 Å². The Bertz CT molecular complexity index is 836. The summed E-state index contributed by atoms with van der Waals surface area (Å²) in [5.74, 6) is 0.319. The lowest BCUT2D eigenvalue weighted by atomic mass is 10.2. The Morgan fingerprint density at radius 3 is 2.29 bits per heavy atom. The lowest BCUT2D eigenvalue weighted by Crippen LogP contribution is -2.13. The van der Waals surface area contributed by atoms with Crippen LogP contribution in [0.25, 0.3) is 0 Å². The van der Waals surface area contributed by atoms with Gasteiger partial charge in [0.2, 0.25) is 10.0 Å². The fourth-order valence-corrected chi connectivity index (χ4v) is 2.80. The highest BCUT2D eigenvalue weighted by Crippen LogP contribution is 2.23. The lowest BCUT2D eigenvalue weighted by molar-refractivity contribution is 0.102. The number of carbonyl (C=O) groups is 1. The van der Waals surface area contributed by atoms with Gasteiger partial charge in [-0.2, -0.15) is 0 Å². The van der Waals surface area contributed by atoms with E-state index in [1.54, 1.807) is 24.3 Å². The van der Waals surface area contributed by atoms with Gasteiger partial charge in [0.05, 0.1) is 23.4 Å². The topological polar surface area (TPSA) is 84.5 Å². The summed E-state index contributed by atoms with van der Waals surface area (Å²) in [6, 6.07) is 11.3. The molecule has 0 saturated carbocycles. The molecule has 1 amide bonds. The number of ether oxygens (including phenoxy) is 1. The van der Waals surface area contributed by atoms with Crippen LogP contribution in [-0.4, -0.2) is 27.2 Å². The molecule has 0 atom stereocenters. The maximum Gasteiger partial charge on any atom is 0.257 e. The van der Waals surface area contributed by atoms with Crippen LogP contribution in [0.2, 0.25) is 5.02 Å². The molecule has 2 aromatic carbocycles. The van der Waals surface area contributed by atoms with E-state index in [9.17, 15) is 13.2 Å². The van der Waals surface area contributed by atoms with Crippen LogP contribution in [-0.2, 0) is 10.0 Å². The molecule has 0 aromatic heterocycles. The summed E-state index contributed by atoms with van der Waals surface area (Å²) >= 11 is 6.07. The van der Waals surface area contributed by atoms with Gasteiger partial charge in [-0.25, -0.2) is 8.42 Å². The zero-order valence-corrected chi connectivity index (χ0v) is 14.7. The van der Waals surface area contributed by atoms with Gasteiger partial charge in [0.15, 0.2) is 0 Å². The average molecular weight is 369 g/mol. The Morgan fingerprint density at radius 1 is 1.12 bits per heavy atom. The van der Waals surface area contributed by atoms with Crippen molar-refractivity contribution in [3.8, 4) is 5.75 Å². The second kappa shape index (κ2) is 7.55. The van der Waals surface area contributed by atoms with Gasteiger partial charge in [-0.05, 0) is 49.4 Å². The number of hydrogen-bond acceptors (Lipinski definition) is 4. The van der Waals surface area contributed by atoms with Crippen LogP contribution in [0.5, 0.6) is 5.75 Å². The molecule has 0 bridgehead atoms. The summed E-state index contributed by atoms with van der Waals surface area (Å²) < 4.78 is 30.0. The van der Waals surface area contributed by atoms with E-state index in [0.717, 1.165) is 6.26 Å². The molecule has 8 heteroatoms. The van der Waals surface area contributed by atoms with E-state index in [1.165, 1.54) is 18.2 Å². The number of hydrogen-bond donors (Lipinski definition) is 2. The Labute approximate surface area is 145 Å². The number of carbonyl (C=O) groups excluding carboxylic acids is 1. The maximum absolute atomic E-state index is 12.3. The quantitative estimate of drug-likeness (QED) is 0.818. The van der Waals surface area contributed by atoms with Crippen molar-refractivity contribution in [2.24, 2.45) is 0 Å². The first-order valence-corrected chi connectivity index (χ1v) is 9.37.